The van der Waals surface area contributed by atoms with E-state index >= 15 is 0 Å². The third kappa shape index (κ3) is 5.56. The van der Waals surface area contributed by atoms with Crippen molar-refractivity contribution in [2.24, 2.45) is 0 Å². The summed E-state index contributed by atoms with van der Waals surface area (Å²) in [6, 6.07) is 19.3. The maximum atomic E-state index is 13.0. The number of para-hydroxylation sites is 1. The Balaban J connectivity index is 1.44. The number of aryl methyl sites for hydroxylation is 1. The van der Waals surface area contributed by atoms with Gasteiger partial charge in [-0.1, -0.05) is 48.0 Å². The van der Waals surface area contributed by atoms with Crippen molar-refractivity contribution < 1.29 is 23.9 Å². The van der Waals surface area contributed by atoms with Crippen LogP contribution < -0.4 is 20.3 Å². The molecule has 8 nitrogen and oxygen atoms in total. The van der Waals surface area contributed by atoms with Crippen LogP contribution in [0.15, 0.2) is 78.4 Å². The van der Waals surface area contributed by atoms with Crippen LogP contribution in [0.1, 0.15) is 11.1 Å². The number of imide groups is 2. The van der Waals surface area contributed by atoms with Crippen LogP contribution in [-0.4, -0.2) is 30.4 Å². The molecule has 176 valence electrons. The van der Waals surface area contributed by atoms with Crippen molar-refractivity contribution in [3.05, 3.63) is 94.5 Å². The Kier molecular flexibility index (Phi) is 6.93. The van der Waals surface area contributed by atoms with Crippen molar-refractivity contribution in [1.29, 1.82) is 0 Å². The summed E-state index contributed by atoms with van der Waals surface area (Å²) in [5.41, 5.74) is 2.17. The summed E-state index contributed by atoms with van der Waals surface area (Å²) < 4.78 is 5.51. The summed E-state index contributed by atoms with van der Waals surface area (Å²) in [4.78, 5) is 50.6. The monoisotopic (exact) mass is 489 g/mol. The molecule has 0 bridgehead atoms. The fraction of sp³-hybridized carbons (Fsp3) is 0.0769. The lowest BCUT2D eigenvalue weighted by molar-refractivity contribution is -0.122. The molecule has 0 aliphatic carbocycles. The number of barbiturate groups is 1. The summed E-state index contributed by atoms with van der Waals surface area (Å²) in [5.74, 6) is -1.48. The van der Waals surface area contributed by atoms with Crippen molar-refractivity contribution in [3.8, 4) is 5.75 Å². The van der Waals surface area contributed by atoms with Gasteiger partial charge in [-0.25, -0.2) is 9.69 Å². The smallest absolute Gasteiger partial charge is 0.335 e. The SMILES string of the molecule is Cc1cccc(NC(=O)COc2ccc(/C=C3\C(=O)NC(=O)N(c4ccccc4Cl)C3=O)cc2)c1. The van der Waals surface area contributed by atoms with E-state index in [2.05, 4.69) is 10.6 Å². The highest BCUT2D eigenvalue weighted by molar-refractivity contribution is 6.42. The van der Waals surface area contributed by atoms with Gasteiger partial charge in [0.1, 0.15) is 11.3 Å². The normalized spacial score (nSPS) is 14.6. The second kappa shape index (κ2) is 10.2. The summed E-state index contributed by atoms with van der Waals surface area (Å²) in [6.45, 7) is 1.74. The zero-order valence-electron chi connectivity index (χ0n) is 18.6. The van der Waals surface area contributed by atoms with Gasteiger partial charge in [0.05, 0.1) is 10.7 Å². The molecule has 2 N–H and O–H groups in total. The summed E-state index contributed by atoms with van der Waals surface area (Å²) >= 11 is 6.13. The number of carbonyl (C=O) groups is 4. The summed E-state index contributed by atoms with van der Waals surface area (Å²) in [5, 5.41) is 5.10. The molecule has 1 heterocycles. The van der Waals surface area contributed by atoms with Crippen LogP contribution in [0, 0.1) is 6.92 Å². The molecule has 0 spiro atoms. The third-order valence-corrected chi connectivity index (χ3v) is 5.38. The lowest BCUT2D eigenvalue weighted by Crippen LogP contribution is -2.54. The number of anilines is 2. The van der Waals surface area contributed by atoms with E-state index in [9.17, 15) is 19.2 Å². The van der Waals surface area contributed by atoms with E-state index in [1.807, 2.05) is 25.1 Å². The van der Waals surface area contributed by atoms with Crippen molar-refractivity contribution in [2.45, 2.75) is 6.92 Å². The molecule has 3 aromatic carbocycles. The van der Waals surface area contributed by atoms with Gasteiger partial charge in [-0.3, -0.25) is 19.7 Å². The zero-order valence-corrected chi connectivity index (χ0v) is 19.3. The van der Waals surface area contributed by atoms with Crippen molar-refractivity contribution in [1.82, 2.24) is 5.32 Å². The molecule has 3 aromatic rings. The number of nitrogens with one attached hydrogen (secondary N) is 2. The molecule has 35 heavy (non-hydrogen) atoms. The second-order valence-corrected chi connectivity index (χ2v) is 8.09. The molecule has 0 saturated carbocycles. The lowest BCUT2D eigenvalue weighted by Gasteiger charge is -2.27. The van der Waals surface area contributed by atoms with Gasteiger partial charge in [-0.05, 0) is 60.5 Å². The van der Waals surface area contributed by atoms with Crippen molar-refractivity contribution in [3.63, 3.8) is 0 Å². The molecule has 5 amide bonds. The number of ether oxygens (including phenoxy) is 1. The first-order valence-electron chi connectivity index (χ1n) is 10.6. The Labute approximate surface area is 206 Å². The fourth-order valence-corrected chi connectivity index (χ4v) is 3.63. The van der Waals surface area contributed by atoms with Gasteiger partial charge < -0.3 is 10.1 Å². The Hall–Kier alpha value is -4.43. The number of rotatable bonds is 6. The molecule has 0 aromatic heterocycles. The van der Waals surface area contributed by atoms with E-state index in [4.69, 9.17) is 16.3 Å². The lowest BCUT2D eigenvalue weighted by atomic mass is 10.1. The van der Waals surface area contributed by atoms with Crippen LogP contribution in [0.3, 0.4) is 0 Å². The quantitative estimate of drug-likeness (QED) is 0.396. The van der Waals surface area contributed by atoms with Crippen molar-refractivity contribution >= 4 is 52.8 Å². The molecule has 1 fully saturated rings. The van der Waals surface area contributed by atoms with E-state index in [0.717, 1.165) is 10.5 Å². The first-order valence-corrected chi connectivity index (χ1v) is 10.9. The third-order valence-electron chi connectivity index (χ3n) is 5.06. The minimum atomic E-state index is -0.877. The highest BCUT2D eigenvalue weighted by Crippen LogP contribution is 2.29. The number of hydrogen-bond donors (Lipinski definition) is 2. The fourth-order valence-electron chi connectivity index (χ4n) is 3.41. The Morgan fingerprint density at radius 3 is 2.49 bits per heavy atom. The van der Waals surface area contributed by atoms with Gasteiger partial charge in [-0.15, -0.1) is 0 Å². The Bertz CT molecular complexity index is 1350. The minimum absolute atomic E-state index is 0.169. The van der Waals surface area contributed by atoms with E-state index in [1.165, 1.54) is 18.2 Å². The molecular formula is C26H20ClN3O5. The van der Waals surface area contributed by atoms with Gasteiger partial charge in [0.15, 0.2) is 6.61 Å². The van der Waals surface area contributed by atoms with Gasteiger partial charge in [-0.2, -0.15) is 0 Å². The van der Waals surface area contributed by atoms with Crippen LogP contribution in [0.2, 0.25) is 5.02 Å². The molecular weight excluding hydrogens is 470 g/mol. The summed E-state index contributed by atoms with van der Waals surface area (Å²) in [6.07, 6.45) is 1.36. The zero-order chi connectivity index (χ0) is 24.9. The summed E-state index contributed by atoms with van der Waals surface area (Å²) in [7, 11) is 0. The average Bonchev–Trinajstić information content (AvgIpc) is 2.82. The minimum Gasteiger partial charge on any atom is -0.484 e. The molecule has 1 aliphatic heterocycles. The number of halogens is 1. The van der Waals surface area contributed by atoms with Gasteiger partial charge in [0, 0.05) is 5.69 Å². The van der Waals surface area contributed by atoms with Crippen LogP contribution in [-0.2, 0) is 14.4 Å². The van der Waals surface area contributed by atoms with Gasteiger partial charge >= 0.3 is 6.03 Å². The number of benzene rings is 3. The first-order chi connectivity index (χ1) is 16.8. The molecule has 9 heteroatoms. The number of amides is 5. The Morgan fingerprint density at radius 1 is 1.03 bits per heavy atom. The van der Waals surface area contributed by atoms with Crippen LogP contribution in [0.25, 0.3) is 6.08 Å². The van der Waals surface area contributed by atoms with E-state index < -0.39 is 17.8 Å². The number of nitrogens with zero attached hydrogens (tertiary/aromatic N) is 1. The van der Waals surface area contributed by atoms with E-state index in [-0.39, 0.29) is 28.8 Å². The highest BCUT2D eigenvalue weighted by atomic mass is 35.5. The average molecular weight is 490 g/mol. The topological polar surface area (TPSA) is 105 Å². The standard InChI is InChI=1S/C26H20ClN3O5/c1-16-5-4-6-18(13-16)28-23(31)15-35-19-11-9-17(10-12-19)14-20-24(32)29-26(34)30(25(20)33)22-8-3-2-7-21(22)27/h2-14H,15H2,1H3,(H,28,31)(H,29,32,34)/b20-14+. The van der Waals surface area contributed by atoms with Crippen LogP contribution in [0.5, 0.6) is 5.75 Å². The Morgan fingerprint density at radius 2 is 1.77 bits per heavy atom. The second-order valence-electron chi connectivity index (χ2n) is 7.68. The number of hydrogen-bond acceptors (Lipinski definition) is 5. The molecule has 1 aliphatic rings. The predicted octanol–water partition coefficient (Wildman–Crippen LogP) is 4.33. The largest absolute Gasteiger partial charge is 0.484 e. The maximum Gasteiger partial charge on any atom is 0.335 e. The predicted molar refractivity (Wildman–Crippen MR) is 132 cm³/mol. The molecule has 4 rings (SSSR count). The maximum absolute atomic E-state index is 13.0. The first kappa shape index (κ1) is 23.7. The van der Waals surface area contributed by atoms with E-state index in [1.54, 1.807) is 42.5 Å². The van der Waals surface area contributed by atoms with Gasteiger partial charge in [0.25, 0.3) is 17.7 Å². The molecule has 0 atom stereocenters. The van der Waals surface area contributed by atoms with Crippen LogP contribution >= 0.6 is 11.6 Å². The number of carbonyl (C=O) groups excluding carboxylic acids is 4. The van der Waals surface area contributed by atoms with Crippen LogP contribution in [0.4, 0.5) is 16.2 Å². The van der Waals surface area contributed by atoms with Gasteiger partial charge in [0.2, 0.25) is 0 Å². The van der Waals surface area contributed by atoms with E-state index in [0.29, 0.717) is 17.0 Å². The highest BCUT2D eigenvalue weighted by Gasteiger charge is 2.37. The number of urea groups is 1. The molecule has 0 radical (unpaired) electrons. The molecule has 1 saturated heterocycles. The van der Waals surface area contributed by atoms with Crippen molar-refractivity contribution in [2.75, 3.05) is 16.8 Å². The molecule has 0 unspecified atom stereocenters.